The molecule has 0 bridgehead atoms. The molecule has 10 nitrogen and oxygen atoms in total. The molecule has 0 aliphatic heterocycles. The Bertz CT molecular complexity index is 514. The number of hydrogen-bond acceptors (Lipinski definition) is 7. The summed E-state index contributed by atoms with van der Waals surface area (Å²) >= 11 is 3.86. The Morgan fingerprint density at radius 3 is 2.08 bits per heavy atom. The summed E-state index contributed by atoms with van der Waals surface area (Å²) in [5.74, 6) is -3.26. The molecule has 0 aromatic carbocycles. The average molecular weight is 392 g/mol. The first kappa shape index (κ1) is 24.1. The van der Waals surface area contributed by atoms with Crippen LogP contribution in [-0.4, -0.2) is 70.4 Å². The number of rotatable bonds is 11. The zero-order valence-corrected chi connectivity index (χ0v) is 16.0. The number of aliphatic carboxylic acids is 1. The maximum absolute atomic E-state index is 12.2. The van der Waals surface area contributed by atoms with Gasteiger partial charge in [-0.3, -0.25) is 14.4 Å². The number of aliphatic hydroxyl groups excluding tert-OH is 1. The molecule has 4 unspecified atom stereocenters. The first-order chi connectivity index (χ1) is 12.0. The summed E-state index contributed by atoms with van der Waals surface area (Å²) < 4.78 is 0. The number of hydrogen-bond donors (Lipinski definition) is 7. The summed E-state index contributed by atoms with van der Waals surface area (Å²) in [5.41, 5.74) is 5.44. The highest BCUT2D eigenvalue weighted by Gasteiger charge is 2.30. The van der Waals surface area contributed by atoms with Gasteiger partial charge in [0, 0.05) is 5.75 Å². The van der Waals surface area contributed by atoms with Gasteiger partial charge in [-0.1, -0.05) is 13.8 Å². The minimum atomic E-state index is -1.37. The summed E-state index contributed by atoms with van der Waals surface area (Å²) in [5, 5.41) is 25.7. The molecule has 150 valence electrons. The highest BCUT2D eigenvalue weighted by molar-refractivity contribution is 7.80. The average Bonchev–Trinajstić information content (AvgIpc) is 2.54. The summed E-state index contributed by atoms with van der Waals surface area (Å²) in [6.07, 6.45) is -1.08. The zero-order chi connectivity index (χ0) is 20.4. The highest BCUT2D eigenvalue weighted by Crippen LogP contribution is 2.06. The van der Waals surface area contributed by atoms with Gasteiger partial charge in [-0.15, -0.1) is 0 Å². The van der Waals surface area contributed by atoms with Crippen molar-refractivity contribution >= 4 is 36.3 Å². The number of carbonyl (C=O) groups is 4. The van der Waals surface area contributed by atoms with E-state index in [4.69, 9.17) is 10.8 Å². The summed E-state index contributed by atoms with van der Waals surface area (Å²) in [7, 11) is 0. The molecule has 7 N–H and O–H groups in total. The van der Waals surface area contributed by atoms with Gasteiger partial charge in [0.15, 0.2) is 0 Å². The van der Waals surface area contributed by atoms with E-state index in [2.05, 4.69) is 28.6 Å². The van der Waals surface area contributed by atoms with Gasteiger partial charge in [0.25, 0.3) is 0 Å². The van der Waals surface area contributed by atoms with E-state index in [0.29, 0.717) is 0 Å². The molecule has 0 aromatic heterocycles. The van der Waals surface area contributed by atoms with E-state index in [1.807, 2.05) is 0 Å². The van der Waals surface area contributed by atoms with Gasteiger partial charge in [0.1, 0.15) is 12.1 Å². The molecule has 0 rings (SSSR count). The van der Waals surface area contributed by atoms with Gasteiger partial charge in [-0.05, 0) is 19.3 Å². The van der Waals surface area contributed by atoms with Gasteiger partial charge < -0.3 is 31.9 Å². The fourth-order valence-corrected chi connectivity index (χ4v) is 2.13. The van der Waals surface area contributed by atoms with Crippen LogP contribution in [0.25, 0.3) is 0 Å². The predicted molar refractivity (Wildman–Crippen MR) is 97.5 cm³/mol. The van der Waals surface area contributed by atoms with Crippen LogP contribution in [-0.2, 0) is 19.2 Å². The Balaban J connectivity index is 4.80. The highest BCUT2D eigenvalue weighted by atomic mass is 32.1. The van der Waals surface area contributed by atoms with Crippen LogP contribution >= 0.6 is 12.6 Å². The van der Waals surface area contributed by atoms with E-state index in [-0.39, 0.29) is 18.1 Å². The van der Waals surface area contributed by atoms with Gasteiger partial charge in [0.2, 0.25) is 17.7 Å². The van der Waals surface area contributed by atoms with E-state index < -0.39 is 54.5 Å². The molecule has 0 aliphatic carbocycles. The molecule has 11 heteroatoms. The van der Waals surface area contributed by atoms with Gasteiger partial charge >= 0.3 is 5.97 Å². The molecule has 4 atom stereocenters. The van der Waals surface area contributed by atoms with Crippen LogP contribution in [0.3, 0.4) is 0 Å². The van der Waals surface area contributed by atoms with Crippen molar-refractivity contribution in [1.82, 2.24) is 16.0 Å². The van der Waals surface area contributed by atoms with Crippen molar-refractivity contribution in [3.05, 3.63) is 0 Å². The van der Waals surface area contributed by atoms with Crippen LogP contribution in [0.2, 0.25) is 0 Å². The summed E-state index contributed by atoms with van der Waals surface area (Å²) in [6, 6.07) is -3.39. The minimum Gasteiger partial charge on any atom is -0.480 e. The molecular weight excluding hydrogens is 364 g/mol. The number of carbonyl (C=O) groups excluding carboxylic acids is 3. The lowest BCUT2D eigenvalue weighted by Crippen LogP contribution is -2.57. The van der Waals surface area contributed by atoms with Crippen LogP contribution in [0.4, 0.5) is 0 Å². The van der Waals surface area contributed by atoms with Crippen molar-refractivity contribution in [1.29, 1.82) is 0 Å². The Kier molecular flexibility index (Phi) is 10.9. The van der Waals surface area contributed by atoms with Crippen molar-refractivity contribution in [2.24, 2.45) is 11.7 Å². The lowest BCUT2D eigenvalue weighted by atomic mass is 10.0. The second-order valence-corrected chi connectivity index (χ2v) is 6.69. The van der Waals surface area contributed by atoms with E-state index in [9.17, 15) is 24.3 Å². The predicted octanol–water partition coefficient (Wildman–Crippen LogP) is -2.16. The molecule has 0 saturated carbocycles. The SMILES string of the molecule is CC(C)CC(NC(=O)C(NC(=O)CNC(=O)C(N)CS)C(C)O)C(=O)O. The molecule has 0 radical (unpaired) electrons. The van der Waals surface area contributed by atoms with Crippen molar-refractivity contribution < 1.29 is 29.4 Å². The zero-order valence-electron chi connectivity index (χ0n) is 15.1. The molecule has 26 heavy (non-hydrogen) atoms. The fourth-order valence-electron chi connectivity index (χ4n) is 1.97. The van der Waals surface area contributed by atoms with Crippen molar-refractivity contribution in [3.63, 3.8) is 0 Å². The van der Waals surface area contributed by atoms with Gasteiger partial charge in [0.05, 0.1) is 18.7 Å². The molecule has 3 amide bonds. The molecule has 0 aromatic rings. The van der Waals surface area contributed by atoms with Crippen LogP contribution in [0.15, 0.2) is 0 Å². The van der Waals surface area contributed by atoms with Crippen molar-refractivity contribution in [3.8, 4) is 0 Å². The number of carboxylic acid groups (broad SMARTS) is 1. The number of amides is 3. The summed E-state index contributed by atoms with van der Waals surface area (Å²) in [4.78, 5) is 46.8. The molecule has 0 fully saturated rings. The molecular formula is C15H28N4O6S. The Hall–Kier alpha value is -1.85. The lowest BCUT2D eigenvalue weighted by molar-refractivity contribution is -0.143. The Morgan fingerprint density at radius 2 is 1.65 bits per heavy atom. The quantitative estimate of drug-likeness (QED) is 0.196. The maximum Gasteiger partial charge on any atom is 0.326 e. The fraction of sp³-hybridized carbons (Fsp3) is 0.733. The molecule has 0 saturated heterocycles. The minimum absolute atomic E-state index is 0.0160. The standard InChI is InChI=1S/C15H28N4O6S/c1-7(2)4-10(15(24)25)18-14(23)12(8(3)20)19-11(21)5-17-13(22)9(16)6-26/h7-10,12,20,26H,4-6,16H2,1-3H3,(H,17,22)(H,18,23)(H,19,21)(H,24,25). The third-order valence-corrected chi connectivity index (χ3v) is 3.75. The van der Waals surface area contributed by atoms with Gasteiger partial charge in [-0.25, -0.2) is 4.79 Å². The van der Waals surface area contributed by atoms with E-state index in [0.717, 1.165) is 0 Å². The largest absolute Gasteiger partial charge is 0.480 e. The topological polar surface area (TPSA) is 171 Å². The van der Waals surface area contributed by atoms with Crippen molar-refractivity contribution in [2.45, 2.75) is 51.4 Å². The number of aliphatic hydroxyl groups is 1. The lowest BCUT2D eigenvalue weighted by Gasteiger charge is -2.24. The number of thiol groups is 1. The second kappa shape index (κ2) is 11.7. The monoisotopic (exact) mass is 392 g/mol. The number of carboxylic acids is 1. The summed E-state index contributed by atoms with van der Waals surface area (Å²) in [6.45, 7) is 4.42. The van der Waals surface area contributed by atoms with Gasteiger partial charge in [-0.2, -0.15) is 12.6 Å². The number of nitrogens with two attached hydrogens (primary N) is 1. The second-order valence-electron chi connectivity index (χ2n) is 6.32. The third-order valence-electron chi connectivity index (χ3n) is 3.36. The smallest absolute Gasteiger partial charge is 0.326 e. The van der Waals surface area contributed by atoms with Crippen LogP contribution in [0, 0.1) is 5.92 Å². The maximum atomic E-state index is 12.2. The van der Waals surface area contributed by atoms with Crippen molar-refractivity contribution in [2.75, 3.05) is 12.3 Å². The Labute approximate surface area is 157 Å². The van der Waals surface area contributed by atoms with Crippen LogP contribution < -0.4 is 21.7 Å². The van der Waals surface area contributed by atoms with E-state index in [1.54, 1.807) is 13.8 Å². The number of nitrogens with one attached hydrogen (secondary N) is 3. The van der Waals surface area contributed by atoms with E-state index >= 15 is 0 Å². The normalized spacial score (nSPS) is 15.5. The molecule has 0 aliphatic rings. The Morgan fingerprint density at radius 1 is 1.08 bits per heavy atom. The molecule has 0 heterocycles. The van der Waals surface area contributed by atoms with Crippen LogP contribution in [0.5, 0.6) is 0 Å². The first-order valence-electron chi connectivity index (χ1n) is 8.14. The van der Waals surface area contributed by atoms with E-state index in [1.165, 1.54) is 6.92 Å². The van der Waals surface area contributed by atoms with Crippen LogP contribution in [0.1, 0.15) is 27.2 Å². The third kappa shape index (κ3) is 9.02. The molecule has 0 spiro atoms. The first-order valence-corrected chi connectivity index (χ1v) is 8.77.